The van der Waals surface area contributed by atoms with E-state index in [0.717, 1.165) is 12.8 Å². The van der Waals surface area contributed by atoms with Crippen LogP contribution in [0.3, 0.4) is 0 Å². The van der Waals surface area contributed by atoms with Gasteiger partial charge < -0.3 is 0 Å². The van der Waals surface area contributed by atoms with Crippen LogP contribution in [0.2, 0.25) is 0 Å². The molecule has 1 unspecified atom stereocenters. The second kappa shape index (κ2) is 3.84. The van der Waals surface area contributed by atoms with E-state index in [9.17, 15) is 8.60 Å². The standard InChI is InChI=1S/C12H16FNOS/c1-8(2)11-6-5-10(7-12(11)13)16(14,15)9-3-4-9/h5-9,14H,3-4H2,1-2H3. The van der Waals surface area contributed by atoms with E-state index in [1.807, 2.05) is 13.8 Å². The molecule has 4 heteroatoms. The summed E-state index contributed by atoms with van der Waals surface area (Å²) in [5.41, 5.74) is 0.620. The Hall–Kier alpha value is -0.900. The maximum atomic E-state index is 13.7. The van der Waals surface area contributed by atoms with Crippen molar-refractivity contribution in [3.05, 3.63) is 29.6 Å². The zero-order valence-corrected chi connectivity index (χ0v) is 10.3. The van der Waals surface area contributed by atoms with Gasteiger partial charge in [-0.05, 0) is 36.5 Å². The summed E-state index contributed by atoms with van der Waals surface area (Å²) in [4.78, 5) is 0.344. The van der Waals surface area contributed by atoms with Gasteiger partial charge in [0.25, 0.3) is 0 Å². The van der Waals surface area contributed by atoms with Gasteiger partial charge in [-0.3, -0.25) is 0 Å². The monoisotopic (exact) mass is 241 g/mol. The summed E-state index contributed by atoms with van der Waals surface area (Å²) in [5.74, 6) is -0.232. The van der Waals surface area contributed by atoms with Crippen LogP contribution in [0.15, 0.2) is 23.1 Å². The van der Waals surface area contributed by atoms with Gasteiger partial charge in [-0.2, -0.15) is 0 Å². The molecule has 0 saturated heterocycles. The van der Waals surface area contributed by atoms with Gasteiger partial charge in [0.1, 0.15) is 5.82 Å². The fourth-order valence-electron chi connectivity index (χ4n) is 1.76. The van der Waals surface area contributed by atoms with Crippen molar-refractivity contribution >= 4 is 9.73 Å². The Morgan fingerprint density at radius 2 is 2.06 bits per heavy atom. The van der Waals surface area contributed by atoms with E-state index in [4.69, 9.17) is 4.78 Å². The summed E-state index contributed by atoms with van der Waals surface area (Å²) >= 11 is 0. The van der Waals surface area contributed by atoms with Gasteiger partial charge in [0.2, 0.25) is 0 Å². The lowest BCUT2D eigenvalue weighted by Gasteiger charge is -2.10. The lowest BCUT2D eigenvalue weighted by molar-refractivity contribution is 0.593. The SMILES string of the molecule is CC(C)c1ccc(S(=N)(=O)C2CC2)cc1F. The average molecular weight is 241 g/mol. The van der Waals surface area contributed by atoms with Crippen molar-refractivity contribution in [1.82, 2.24) is 0 Å². The number of nitrogens with one attached hydrogen (secondary N) is 1. The van der Waals surface area contributed by atoms with Crippen LogP contribution in [-0.2, 0) is 9.73 Å². The predicted molar refractivity (Wildman–Crippen MR) is 62.6 cm³/mol. The molecular weight excluding hydrogens is 225 g/mol. The third-order valence-corrected chi connectivity index (χ3v) is 5.30. The zero-order valence-electron chi connectivity index (χ0n) is 9.50. The normalized spacial score (nSPS) is 19.8. The summed E-state index contributed by atoms with van der Waals surface area (Å²) in [6, 6.07) is 4.58. The van der Waals surface area contributed by atoms with Gasteiger partial charge >= 0.3 is 0 Å². The molecule has 1 N–H and O–H groups in total. The quantitative estimate of drug-likeness (QED) is 0.864. The molecule has 1 aromatic carbocycles. The molecule has 2 nitrogen and oxygen atoms in total. The Bertz CT molecular complexity index is 504. The Balaban J connectivity index is 2.41. The van der Waals surface area contributed by atoms with Crippen molar-refractivity contribution in [3.8, 4) is 0 Å². The Morgan fingerprint density at radius 3 is 2.50 bits per heavy atom. The first-order valence-corrected chi connectivity index (χ1v) is 7.12. The molecule has 0 spiro atoms. The van der Waals surface area contributed by atoms with Gasteiger partial charge in [0.15, 0.2) is 0 Å². The minimum atomic E-state index is -2.77. The summed E-state index contributed by atoms with van der Waals surface area (Å²) in [7, 11) is -2.77. The minimum Gasteiger partial charge on any atom is -0.249 e. The molecule has 1 aromatic rings. The second-order valence-electron chi connectivity index (χ2n) is 4.64. The van der Waals surface area contributed by atoms with Crippen LogP contribution < -0.4 is 0 Å². The third-order valence-electron chi connectivity index (χ3n) is 2.94. The molecular formula is C12H16FNOS. The Kier molecular flexibility index (Phi) is 2.78. The van der Waals surface area contributed by atoms with E-state index in [0.29, 0.717) is 10.5 Å². The maximum absolute atomic E-state index is 13.7. The highest BCUT2D eigenvalue weighted by Gasteiger charge is 2.34. The van der Waals surface area contributed by atoms with Gasteiger partial charge in [-0.15, -0.1) is 0 Å². The molecule has 0 radical (unpaired) electrons. The van der Waals surface area contributed by atoms with Crippen molar-refractivity contribution in [2.45, 2.75) is 42.8 Å². The van der Waals surface area contributed by atoms with Crippen LogP contribution in [0, 0.1) is 10.6 Å². The van der Waals surface area contributed by atoms with Crippen molar-refractivity contribution in [1.29, 1.82) is 4.78 Å². The highest BCUT2D eigenvalue weighted by molar-refractivity contribution is 7.93. The smallest absolute Gasteiger partial charge is 0.127 e. The highest BCUT2D eigenvalue weighted by atomic mass is 32.2. The minimum absolute atomic E-state index is 0.0585. The number of hydrogen-bond donors (Lipinski definition) is 1. The molecule has 1 aliphatic rings. The molecule has 0 amide bonds. The summed E-state index contributed by atoms with van der Waals surface area (Å²) in [6.07, 6.45) is 1.66. The third kappa shape index (κ3) is 1.98. The average Bonchev–Trinajstić information content (AvgIpc) is 2.99. The van der Waals surface area contributed by atoms with Crippen LogP contribution in [0.5, 0.6) is 0 Å². The van der Waals surface area contributed by atoms with E-state index in [1.54, 1.807) is 12.1 Å². The van der Waals surface area contributed by atoms with Crippen molar-refractivity contribution in [3.63, 3.8) is 0 Å². The molecule has 0 aliphatic heterocycles. The Morgan fingerprint density at radius 1 is 1.44 bits per heavy atom. The van der Waals surface area contributed by atoms with Crippen LogP contribution in [0.4, 0.5) is 4.39 Å². The molecule has 2 rings (SSSR count). The van der Waals surface area contributed by atoms with E-state index < -0.39 is 9.73 Å². The summed E-state index contributed by atoms with van der Waals surface area (Å²) < 4.78 is 33.6. The van der Waals surface area contributed by atoms with Crippen LogP contribution in [-0.4, -0.2) is 9.46 Å². The number of benzene rings is 1. The first kappa shape index (κ1) is 11.6. The predicted octanol–water partition coefficient (Wildman–Crippen LogP) is 3.52. The van der Waals surface area contributed by atoms with E-state index in [-0.39, 0.29) is 17.0 Å². The van der Waals surface area contributed by atoms with Crippen molar-refractivity contribution in [2.75, 3.05) is 0 Å². The summed E-state index contributed by atoms with van der Waals surface area (Å²) in [5, 5.41) is -0.0585. The molecule has 1 atom stereocenters. The molecule has 0 heterocycles. The zero-order chi connectivity index (χ0) is 11.9. The maximum Gasteiger partial charge on any atom is 0.127 e. The van der Waals surface area contributed by atoms with Gasteiger partial charge in [0.05, 0.1) is 14.6 Å². The fourth-order valence-corrected chi connectivity index (χ4v) is 3.49. The van der Waals surface area contributed by atoms with Gasteiger partial charge in [-0.1, -0.05) is 19.9 Å². The van der Waals surface area contributed by atoms with Crippen LogP contribution >= 0.6 is 0 Å². The number of rotatable bonds is 3. The van der Waals surface area contributed by atoms with Crippen molar-refractivity contribution < 1.29 is 8.60 Å². The molecule has 0 aromatic heterocycles. The largest absolute Gasteiger partial charge is 0.249 e. The molecule has 16 heavy (non-hydrogen) atoms. The van der Waals surface area contributed by atoms with Gasteiger partial charge in [-0.25, -0.2) is 13.4 Å². The topological polar surface area (TPSA) is 40.9 Å². The van der Waals surface area contributed by atoms with Crippen molar-refractivity contribution in [2.24, 2.45) is 0 Å². The van der Waals surface area contributed by atoms with E-state index in [2.05, 4.69) is 0 Å². The molecule has 1 saturated carbocycles. The Labute approximate surface area is 95.8 Å². The molecule has 0 bridgehead atoms. The molecule has 88 valence electrons. The van der Waals surface area contributed by atoms with Crippen LogP contribution in [0.25, 0.3) is 0 Å². The lowest BCUT2D eigenvalue weighted by atomic mass is 10.0. The van der Waals surface area contributed by atoms with E-state index in [1.165, 1.54) is 6.07 Å². The van der Waals surface area contributed by atoms with E-state index >= 15 is 0 Å². The highest BCUT2D eigenvalue weighted by Crippen LogP contribution is 2.35. The second-order valence-corrected chi connectivity index (χ2v) is 6.98. The lowest BCUT2D eigenvalue weighted by Crippen LogP contribution is -2.06. The fraction of sp³-hybridized carbons (Fsp3) is 0.500. The first-order valence-electron chi connectivity index (χ1n) is 5.50. The van der Waals surface area contributed by atoms with Gasteiger partial charge in [0, 0.05) is 5.25 Å². The summed E-state index contributed by atoms with van der Waals surface area (Å²) in [6.45, 7) is 3.83. The molecule has 1 fully saturated rings. The van der Waals surface area contributed by atoms with Crippen LogP contribution in [0.1, 0.15) is 38.2 Å². The number of halogens is 1. The molecule has 1 aliphatic carbocycles. The first-order chi connectivity index (χ1) is 7.43. The number of hydrogen-bond acceptors (Lipinski definition) is 2.